The van der Waals surface area contributed by atoms with Crippen LogP contribution in [0.3, 0.4) is 0 Å². The Morgan fingerprint density at radius 3 is 2.70 bits per heavy atom. The molecule has 4 heterocycles. The van der Waals surface area contributed by atoms with Gasteiger partial charge in [-0.05, 0) is 56.6 Å². The summed E-state index contributed by atoms with van der Waals surface area (Å²) < 4.78 is 5.49. The van der Waals surface area contributed by atoms with E-state index in [4.69, 9.17) is 4.74 Å². The number of hydrogen-bond donors (Lipinski definition) is 2. The van der Waals surface area contributed by atoms with Crippen molar-refractivity contribution in [1.29, 1.82) is 0 Å². The van der Waals surface area contributed by atoms with Crippen LogP contribution < -0.4 is 5.32 Å². The standard InChI is InChI=1S/C20H31N3O3S/c24-17-12-19(20(25)21-13-18-2-1-11-27-18)23(14-17)16-3-7-22(8-4-16)15-5-9-26-10-6-15/h1-2,11,15-17,19,24H,3-10,12-14H2,(H,21,25)/t17-,19+/m1/s1. The van der Waals surface area contributed by atoms with Gasteiger partial charge in [-0.2, -0.15) is 0 Å². The number of rotatable bonds is 5. The summed E-state index contributed by atoms with van der Waals surface area (Å²) in [4.78, 5) is 18.8. The molecule has 0 unspecified atom stereocenters. The van der Waals surface area contributed by atoms with Gasteiger partial charge in [-0.1, -0.05) is 6.07 Å². The lowest BCUT2D eigenvalue weighted by atomic mass is 9.98. The third kappa shape index (κ3) is 4.71. The number of likely N-dealkylation sites (tertiary alicyclic amines) is 2. The number of aliphatic hydroxyl groups excluding tert-OH is 1. The second-order valence-electron chi connectivity index (χ2n) is 8.01. The predicted octanol–water partition coefficient (Wildman–Crippen LogP) is 1.44. The fourth-order valence-electron chi connectivity index (χ4n) is 4.84. The largest absolute Gasteiger partial charge is 0.392 e. The third-order valence-electron chi connectivity index (χ3n) is 6.31. The third-order valence-corrected chi connectivity index (χ3v) is 7.19. The van der Waals surface area contributed by atoms with Crippen molar-refractivity contribution in [3.05, 3.63) is 22.4 Å². The van der Waals surface area contributed by atoms with Gasteiger partial charge in [-0.25, -0.2) is 0 Å². The van der Waals surface area contributed by atoms with Crippen LogP contribution in [0.25, 0.3) is 0 Å². The van der Waals surface area contributed by atoms with Crippen LogP contribution >= 0.6 is 11.3 Å². The van der Waals surface area contributed by atoms with Crippen molar-refractivity contribution in [2.45, 2.75) is 62.9 Å². The fraction of sp³-hybridized carbons (Fsp3) is 0.750. The van der Waals surface area contributed by atoms with Gasteiger partial charge in [0.25, 0.3) is 0 Å². The van der Waals surface area contributed by atoms with Crippen LogP contribution in [-0.2, 0) is 16.1 Å². The number of ether oxygens (including phenoxy) is 1. The Morgan fingerprint density at radius 1 is 1.22 bits per heavy atom. The zero-order valence-electron chi connectivity index (χ0n) is 15.9. The van der Waals surface area contributed by atoms with E-state index in [1.54, 1.807) is 11.3 Å². The Balaban J connectivity index is 1.30. The maximum atomic E-state index is 12.8. The van der Waals surface area contributed by atoms with E-state index >= 15 is 0 Å². The van der Waals surface area contributed by atoms with E-state index in [1.807, 2.05) is 17.5 Å². The van der Waals surface area contributed by atoms with E-state index < -0.39 is 6.10 Å². The maximum Gasteiger partial charge on any atom is 0.237 e. The van der Waals surface area contributed by atoms with Crippen LogP contribution in [-0.4, -0.2) is 77.9 Å². The SMILES string of the molecule is O=C(NCc1cccs1)[C@@H]1C[C@@H](O)CN1C1CCN(C2CCOCC2)CC1. The van der Waals surface area contributed by atoms with Crippen LogP contribution in [0, 0.1) is 0 Å². The second kappa shape index (κ2) is 9.01. The van der Waals surface area contributed by atoms with E-state index in [9.17, 15) is 9.90 Å². The van der Waals surface area contributed by atoms with Crippen LogP contribution in [0.4, 0.5) is 0 Å². The average molecular weight is 394 g/mol. The zero-order valence-corrected chi connectivity index (χ0v) is 16.7. The number of nitrogens with one attached hydrogen (secondary N) is 1. The number of β-amino-alcohol motifs (C(OH)–C–C–N with tert-alkyl or cyclic N) is 1. The predicted molar refractivity (Wildman–Crippen MR) is 106 cm³/mol. The van der Waals surface area contributed by atoms with Gasteiger partial charge in [0.15, 0.2) is 0 Å². The summed E-state index contributed by atoms with van der Waals surface area (Å²) in [6, 6.07) is 4.91. The number of aliphatic hydroxyl groups is 1. The molecule has 3 fully saturated rings. The van der Waals surface area contributed by atoms with Crippen LogP contribution in [0.1, 0.15) is 37.0 Å². The van der Waals surface area contributed by atoms with E-state index in [0.29, 0.717) is 31.6 Å². The summed E-state index contributed by atoms with van der Waals surface area (Å²) in [5.74, 6) is 0.0619. The van der Waals surface area contributed by atoms with E-state index in [2.05, 4.69) is 15.1 Å². The van der Waals surface area contributed by atoms with E-state index in [0.717, 1.165) is 52.0 Å². The molecule has 1 aromatic rings. The van der Waals surface area contributed by atoms with Crippen molar-refractivity contribution in [3.8, 4) is 0 Å². The quantitative estimate of drug-likeness (QED) is 0.793. The van der Waals surface area contributed by atoms with Gasteiger partial charge >= 0.3 is 0 Å². The van der Waals surface area contributed by atoms with Crippen LogP contribution in [0.2, 0.25) is 0 Å². The summed E-state index contributed by atoms with van der Waals surface area (Å²) in [6.45, 7) is 5.15. The highest BCUT2D eigenvalue weighted by molar-refractivity contribution is 7.09. The lowest BCUT2D eigenvalue weighted by molar-refractivity contribution is -0.126. The highest BCUT2D eigenvalue weighted by Gasteiger charge is 2.41. The zero-order chi connectivity index (χ0) is 18.6. The van der Waals surface area contributed by atoms with Crippen LogP contribution in [0.15, 0.2) is 17.5 Å². The molecule has 0 saturated carbocycles. The fourth-order valence-corrected chi connectivity index (χ4v) is 5.48. The normalized spacial score (nSPS) is 29.2. The summed E-state index contributed by atoms with van der Waals surface area (Å²) in [5, 5.41) is 15.3. The molecule has 27 heavy (non-hydrogen) atoms. The molecule has 0 radical (unpaired) electrons. The Morgan fingerprint density at radius 2 is 2.00 bits per heavy atom. The first-order chi connectivity index (χ1) is 13.2. The molecule has 6 nitrogen and oxygen atoms in total. The molecule has 3 aliphatic rings. The van der Waals surface area contributed by atoms with Crippen molar-refractivity contribution >= 4 is 17.2 Å². The number of carbonyl (C=O) groups excluding carboxylic acids is 1. The molecule has 1 aromatic heterocycles. The topological polar surface area (TPSA) is 65.0 Å². The van der Waals surface area contributed by atoms with Gasteiger partial charge in [0.1, 0.15) is 0 Å². The van der Waals surface area contributed by atoms with Gasteiger partial charge < -0.3 is 20.1 Å². The Bertz CT molecular complexity index is 598. The Labute approximate surface area is 165 Å². The first-order valence-corrected chi connectivity index (χ1v) is 11.1. The van der Waals surface area contributed by atoms with Gasteiger partial charge in [0.2, 0.25) is 5.91 Å². The van der Waals surface area contributed by atoms with Crippen LogP contribution in [0.5, 0.6) is 0 Å². The summed E-state index contributed by atoms with van der Waals surface area (Å²) in [6.07, 6.45) is 4.60. The Kier molecular flexibility index (Phi) is 6.45. The lowest BCUT2D eigenvalue weighted by Crippen LogP contribution is -2.53. The molecule has 7 heteroatoms. The van der Waals surface area contributed by atoms with Gasteiger partial charge in [-0.3, -0.25) is 9.69 Å². The molecule has 3 aliphatic heterocycles. The van der Waals surface area contributed by atoms with Gasteiger partial charge in [0, 0.05) is 36.7 Å². The van der Waals surface area contributed by atoms with E-state index in [1.165, 1.54) is 4.88 Å². The lowest BCUT2D eigenvalue weighted by Gasteiger charge is -2.42. The smallest absolute Gasteiger partial charge is 0.237 e. The molecular formula is C20H31N3O3S. The summed E-state index contributed by atoms with van der Waals surface area (Å²) >= 11 is 1.66. The molecular weight excluding hydrogens is 362 g/mol. The van der Waals surface area contributed by atoms with Crippen molar-refractivity contribution in [1.82, 2.24) is 15.1 Å². The minimum Gasteiger partial charge on any atom is -0.392 e. The number of carbonyl (C=O) groups is 1. The van der Waals surface area contributed by atoms with Crippen molar-refractivity contribution in [3.63, 3.8) is 0 Å². The molecule has 3 saturated heterocycles. The monoisotopic (exact) mass is 393 g/mol. The number of hydrogen-bond acceptors (Lipinski definition) is 6. The highest BCUT2D eigenvalue weighted by Crippen LogP contribution is 2.28. The minimum atomic E-state index is -0.393. The summed E-state index contributed by atoms with van der Waals surface area (Å²) in [7, 11) is 0. The van der Waals surface area contributed by atoms with Crippen molar-refractivity contribution in [2.75, 3.05) is 32.8 Å². The van der Waals surface area contributed by atoms with Gasteiger partial charge in [0.05, 0.1) is 18.7 Å². The molecule has 150 valence electrons. The first kappa shape index (κ1) is 19.3. The summed E-state index contributed by atoms with van der Waals surface area (Å²) in [5.41, 5.74) is 0. The van der Waals surface area contributed by atoms with Crippen molar-refractivity contribution in [2.24, 2.45) is 0 Å². The average Bonchev–Trinajstić information content (AvgIpc) is 3.36. The molecule has 1 amide bonds. The minimum absolute atomic E-state index is 0.0619. The second-order valence-corrected chi connectivity index (χ2v) is 9.04. The number of thiophene rings is 1. The molecule has 2 N–H and O–H groups in total. The highest BCUT2D eigenvalue weighted by atomic mass is 32.1. The Hall–Kier alpha value is -0.990. The van der Waals surface area contributed by atoms with Gasteiger partial charge in [-0.15, -0.1) is 11.3 Å². The van der Waals surface area contributed by atoms with E-state index in [-0.39, 0.29) is 11.9 Å². The number of piperidine rings is 1. The van der Waals surface area contributed by atoms with Crippen molar-refractivity contribution < 1.29 is 14.6 Å². The maximum absolute atomic E-state index is 12.8. The molecule has 0 aliphatic carbocycles. The first-order valence-electron chi connectivity index (χ1n) is 10.3. The molecule has 0 bridgehead atoms. The number of amides is 1. The number of nitrogens with zero attached hydrogens (tertiary/aromatic N) is 2. The molecule has 0 spiro atoms. The molecule has 0 aromatic carbocycles. The molecule has 4 rings (SSSR count). The molecule has 2 atom stereocenters.